The van der Waals surface area contributed by atoms with E-state index in [1.807, 2.05) is 66.9 Å². The van der Waals surface area contributed by atoms with E-state index in [2.05, 4.69) is 10.2 Å². The number of hydrogen-bond acceptors (Lipinski definition) is 4. The quantitative estimate of drug-likeness (QED) is 0.488. The summed E-state index contributed by atoms with van der Waals surface area (Å²) in [6.07, 6.45) is 5.37. The van der Waals surface area contributed by atoms with Crippen LogP contribution in [0.5, 0.6) is 5.75 Å². The molecule has 1 amide bonds. The molecule has 0 unspecified atom stereocenters. The van der Waals surface area contributed by atoms with Crippen molar-refractivity contribution < 1.29 is 9.53 Å². The van der Waals surface area contributed by atoms with Crippen LogP contribution >= 0.6 is 0 Å². The van der Waals surface area contributed by atoms with Gasteiger partial charge < -0.3 is 9.64 Å². The Morgan fingerprint density at radius 1 is 1.00 bits per heavy atom. The van der Waals surface area contributed by atoms with Crippen molar-refractivity contribution in [3.63, 3.8) is 0 Å². The normalized spacial score (nSPS) is 10.7. The Hall–Kier alpha value is -3.87. The first kappa shape index (κ1) is 18.5. The highest BCUT2D eigenvalue weighted by Gasteiger charge is 2.15. The highest BCUT2D eigenvalue weighted by Crippen LogP contribution is 2.12. The summed E-state index contributed by atoms with van der Waals surface area (Å²) in [5.41, 5.74) is 2.39. The summed E-state index contributed by atoms with van der Waals surface area (Å²) in [6, 6.07) is 21.0. The minimum absolute atomic E-state index is 0.139. The molecule has 0 radical (unpaired) electrons. The lowest BCUT2D eigenvalue weighted by atomic mass is 10.2. The minimum atomic E-state index is -0.139. The van der Waals surface area contributed by atoms with Crippen molar-refractivity contribution in [3.05, 3.63) is 96.6 Å². The average Bonchev–Trinajstić information content (AvgIpc) is 3.45. The van der Waals surface area contributed by atoms with E-state index in [0.29, 0.717) is 12.2 Å². The highest BCUT2D eigenvalue weighted by molar-refractivity contribution is 5.91. The summed E-state index contributed by atoms with van der Waals surface area (Å²) in [7, 11) is 1.77. The van der Waals surface area contributed by atoms with Gasteiger partial charge in [-0.05, 0) is 42.0 Å². The Bertz CT molecular complexity index is 1060. The topological polar surface area (TPSA) is 65.2 Å². The predicted octanol–water partition coefficient (Wildman–Crippen LogP) is 3.38. The third-order valence-corrected chi connectivity index (χ3v) is 4.44. The number of nitrogens with zero attached hydrogens (tertiary/aromatic N) is 5. The Morgan fingerprint density at radius 2 is 1.79 bits per heavy atom. The van der Waals surface area contributed by atoms with Gasteiger partial charge in [-0.25, -0.2) is 9.36 Å². The number of aromatic nitrogens is 4. The van der Waals surface area contributed by atoms with Crippen molar-refractivity contribution >= 4 is 5.91 Å². The maximum absolute atomic E-state index is 12.7. The third-order valence-electron chi connectivity index (χ3n) is 4.44. The van der Waals surface area contributed by atoms with Crippen LogP contribution in [-0.4, -0.2) is 37.4 Å². The van der Waals surface area contributed by atoms with Crippen LogP contribution in [0.2, 0.25) is 0 Å². The lowest BCUT2D eigenvalue weighted by molar-refractivity contribution is 0.0777. The molecule has 29 heavy (non-hydrogen) atoms. The fourth-order valence-electron chi connectivity index (χ4n) is 2.92. The average molecular weight is 387 g/mol. The van der Waals surface area contributed by atoms with Gasteiger partial charge in [0.15, 0.2) is 12.4 Å². The fraction of sp³-hybridized carbons (Fsp3) is 0.136. The lowest BCUT2D eigenvalue weighted by Gasteiger charge is -2.16. The summed E-state index contributed by atoms with van der Waals surface area (Å²) in [5.74, 6) is 0.617. The number of carbonyl (C=O) groups excluding carboxylic acids is 1. The summed E-state index contributed by atoms with van der Waals surface area (Å²) >= 11 is 0. The van der Waals surface area contributed by atoms with Gasteiger partial charge in [-0.15, -0.1) is 0 Å². The standard InChI is InChI=1S/C22H21N5O2/c1-25(16-18-8-10-19(11-9-18)27-14-5-13-23-27)22(28)21-12-15-26(24-21)17-29-20-6-3-2-4-7-20/h2-15H,16-17H2,1H3. The van der Waals surface area contributed by atoms with E-state index in [4.69, 9.17) is 4.74 Å². The Labute approximate surface area is 168 Å². The molecular formula is C22H21N5O2. The maximum atomic E-state index is 12.7. The molecule has 2 aromatic carbocycles. The number of carbonyl (C=O) groups is 1. The van der Waals surface area contributed by atoms with E-state index in [1.165, 1.54) is 0 Å². The molecular weight excluding hydrogens is 366 g/mol. The summed E-state index contributed by atoms with van der Waals surface area (Å²) in [4.78, 5) is 14.3. The van der Waals surface area contributed by atoms with E-state index in [1.54, 1.807) is 39.8 Å². The number of amides is 1. The van der Waals surface area contributed by atoms with Gasteiger partial charge in [0.2, 0.25) is 0 Å². The smallest absolute Gasteiger partial charge is 0.274 e. The second-order valence-electron chi connectivity index (χ2n) is 6.61. The Morgan fingerprint density at radius 3 is 2.52 bits per heavy atom. The van der Waals surface area contributed by atoms with Crippen molar-refractivity contribution in [3.8, 4) is 11.4 Å². The summed E-state index contributed by atoms with van der Waals surface area (Å²) < 4.78 is 9.05. The fourth-order valence-corrected chi connectivity index (χ4v) is 2.92. The van der Waals surface area contributed by atoms with E-state index in [-0.39, 0.29) is 12.6 Å². The van der Waals surface area contributed by atoms with E-state index in [0.717, 1.165) is 17.0 Å². The second-order valence-corrected chi connectivity index (χ2v) is 6.61. The molecule has 0 N–H and O–H groups in total. The third kappa shape index (κ3) is 4.52. The number of ether oxygens (including phenoxy) is 1. The van der Waals surface area contributed by atoms with Gasteiger partial charge in [0.05, 0.1) is 5.69 Å². The van der Waals surface area contributed by atoms with Gasteiger partial charge in [0, 0.05) is 32.2 Å². The summed E-state index contributed by atoms with van der Waals surface area (Å²) in [6.45, 7) is 0.738. The first-order chi connectivity index (χ1) is 14.2. The molecule has 0 spiro atoms. The zero-order valence-electron chi connectivity index (χ0n) is 16.0. The van der Waals surface area contributed by atoms with E-state index in [9.17, 15) is 4.79 Å². The molecule has 0 aliphatic heterocycles. The van der Waals surface area contributed by atoms with Gasteiger partial charge in [-0.1, -0.05) is 30.3 Å². The number of hydrogen-bond donors (Lipinski definition) is 0. The van der Waals surface area contributed by atoms with Gasteiger partial charge in [-0.3, -0.25) is 4.79 Å². The van der Waals surface area contributed by atoms with Gasteiger partial charge in [-0.2, -0.15) is 10.2 Å². The largest absolute Gasteiger partial charge is 0.471 e. The molecule has 0 saturated carbocycles. The molecule has 0 bridgehead atoms. The lowest BCUT2D eigenvalue weighted by Crippen LogP contribution is -2.26. The van der Waals surface area contributed by atoms with Crippen molar-refractivity contribution in [1.29, 1.82) is 0 Å². The van der Waals surface area contributed by atoms with Crippen LogP contribution in [0.25, 0.3) is 5.69 Å². The van der Waals surface area contributed by atoms with Crippen LogP contribution in [0.4, 0.5) is 0 Å². The molecule has 7 heteroatoms. The minimum Gasteiger partial charge on any atom is -0.471 e. The van der Waals surface area contributed by atoms with Gasteiger partial charge in [0.25, 0.3) is 5.91 Å². The van der Waals surface area contributed by atoms with Crippen molar-refractivity contribution in [2.75, 3.05) is 7.05 Å². The molecule has 0 atom stereocenters. The zero-order chi connectivity index (χ0) is 20.1. The van der Waals surface area contributed by atoms with Crippen LogP contribution in [0.1, 0.15) is 16.1 Å². The molecule has 4 rings (SSSR count). The molecule has 2 heterocycles. The van der Waals surface area contributed by atoms with Crippen LogP contribution in [0.3, 0.4) is 0 Å². The predicted molar refractivity (Wildman–Crippen MR) is 109 cm³/mol. The molecule has 0 fully saturated rings. The van der Waals surface area contributed by atoms with E-state index < -0.39 is 0 Å². The van der Waals surface area contributed by atoms with Crippen molar-refractivity contribution in [2.24, 2.45) is 0 Å². The molecule has 7 nitrogen and oxygen atoms in total. The first-order valence-electron chi connectivity index (χ1n) is 9.25. The zero-order valence-corrected chi connectivity index (χ0v) is 16.0. The van der Waals surface area contributed by atoms with Gasteiger partial charge >= 0.3 is 0 Å². The monoisotopic (exact) mass is 387 g/mol. The first-order valence-corrected chi connectivity index (χ1v) is 9.25. The molecule has 0 aliphatic carbocycles. The molecule has 0 saturated heterocycles. The molecule has 2 aromatic heterocycles. The van der Waals surface area contributed by atoms with Crippen LogP contribution in [0, 0.1) is 0 Å². The highest BCUT2D eigenvalue weighted by atomic mass is 16.5. The number of rotatable bonds is 7. The molecule has 0 aliphatic rings. The second kappa shape index (κ2) is 8.43. The number of benzene rings is 2. The van der Waals surface area contributed by atoms with Crippen LogP contribution in [-0.2, 0) is 13.3 Å². The molecule has 146 valence electrons. The van der Waals surface area contributed by atoms with Crippen LogP contribution in [0.15, 0.2) is 85.3 Å². The number of para-hydroxylation sites is 1. The van der Waals surface area contributed by atoms with Crippen LogP contribution < -0.4 is 4.74 Å². The SMILES string of the molecule is CN(Cc1ccc(-n2cccn2)cc1)C(=O)c1ccn(COc2ccccc2)n1. The van der Waals surface area contributed by atoms with Crippen molar-refractivity contribution in [2.45, 2.75) is 13.3 Å². The Balaban J connectivity index is 1.35. The Kier molecular flexibility index (Phi) is 5.38. The van der Waals surface area contributed by atoms with Gasteiger partial charge in [0.1, 0.15) is 5.75 Å². The van der Waals surface area contributed by atoms with E-state index >= 15 is 0 Å². The molecule has 4 aromatic rings. The van der Waals surface area contributed by atoms with Crippen molar-refractivity contribution in [1.82, 2.24) is 24.5 Å². The maximum Gasteiger partial charge on any atom is 0.274 e. The summed E-state index contributed by atoms with van der Waals surface area (Å²) in [5, 5.41) is 8.54.